The molecule has 0 bridgehead atoms. The number of amides is 1. The van der Waals surface area contributed by atoms with E-state index in [1.165, 1.54) is 33.8 Å². The minimum absolute atomic E-state index is 0.100. The summed E-state index contributed by atoms with van der Waals surface area (Å²) in [5, 5.41) is 1.27. The molecule has 0 atom stereocenters. The van der Waals surface area contributed by atoms with Gasteiger partial charge in [0.2, 0.25) is 15.9 Å². The summed E-state index contributed by atoms with van der Waals surface area (Å²) in [6, 6.07) is 17.7. The number of sulfonamides is 1. The number of benzene rings is 2. The van der Waals surface area contributed by atoms with Crippen LogP contribution in [-0.2, 0) is 21.4 Å². The molecule has 2 aliphatic rings. The lowest BCUT2D eigenvalue weighted by Crippen LogP contribution is -2.42. The summed E-state index contributed by atoms with van der Waals surface area (Å²) in [6.07, 6.45) is 5.15. The SMILES string of the molecule is CN(Cc1ccccc1N1CCCC1)C(=O)C1CCN(S(=O)(=O)C=Cc2ccccc2)CC1. The van der Waals surface area contributed by atoms with E-state index >= 15 is 0 Å². The van der Waals surface area contributed by atoms with Crippen molar-refractivity contribution in [1.29, 1.82) is 0 Å². The molecule has 7 heteroatoms. The first-order chi connectivity index (χ1) is 15.9. The molecule has 2 fully saturated rings. The minimum atomic E-state index is -3.49. The average molecular weight is 468 g/mol. The highest BCUT2D eigenvalue weighted by Gasteiger charge is 2.31. The zero-order chi connectivity index (χ0) is 23.3. The van der Waals surface area contributed by atoms with Crippen molar-refractivity contribution in [2.75, 3.05) is 38.1 Å². The number of piperidine rings is 1. The van der Waals surface area contributed by atoms with Crippen LogP contribution in [0.1, 0.15) is 36.8 Å². The second kappa shape index (κ2) is 10.5. The number of carbonyl (C=O) groups excluding carboxylic acids is 1. The average Bonchev–Trinajstić information content (AvgIpc) is 3.38. The molecule has 2 aromatic carbocycles. The molecular formula is C26H33N3O3S. The number of hydrogen-bond donors (Lipinski definition) is 0. The van der Waals surface area contributed by atoms with Gasteiger partial charge >= 0.3 is 0 Å². The lowest BCUT2D eigenvalue weighted by atomic mass is 9.96. The molecule has 2 saturated heterocycles. The van der Waals surface area contributed by atoms with Crippen molar-refractivity contribution in [2.24, 2.45) is 5.92 Å². The van der Waals surface area contributed by atoms with Gasteiger partial charge in [0, 0.05) is 56.8 Å². The van der Waals surface area contributed by atoms with Crippen LogP contribution in [0.5, 0.6) is 0 Å². The van der Waals surface area contributed by atoms with E-state index in [0.29, 0.717) is 32.5 Å². The Bertz CT molecular complexity index is 1070. The van der Waals surface area contributed by atoms with E-state index in [0.717, 1.165) is 18.7 Å². The van der Waals surface area contributed by atoms with Gasteiger partial charge in [-0.2, -0.15) is 4.31 Å². The number of para-hydroxylation sites is 1. The van der Waals surface area contributed by atoms with E-state index in [1.54, 1.807) is 11.0 Å². The third-order valence-electron chi connectivity index (χ3n) is 6.62. The Labute approximate surface area is 197 Å². The maximum Gasteiger partial charge on any atom is 0.236 e. The first-order valence-corrected chi connectivity index (χ1v) is 13.3. The molecule has 2 aromatic rings. The molecule has 0 aromatic heterocycles. The second-order valence-corrected chi connectivity index (χ2v) is 10.8. The van der Waals surface area contributed by atoms with Crippen LogP contribution in [0, 0.1) is 5.92 Å². The summed E-state index contributed by atoms with van der Waals surface area (Å²) >= 11 is 0. The van der Waals surface area contributed by atoms with Crippen LogP contribution in [-0.4, -0.2) is 56.8 Å². The Balaban J connectivity index is 1.33. The molecule has 33 heavy (non-hydrogen) atoms. The minimum Gasteiger partial charge on any atom is -0.371 e. The Morgan fingerprint density at radius 1 is 0.970 bits per heavy atom. The Kier molecular flexibility index (Phi) is 7.50. The maximum absolute atomic E-state index is 13.1. The van der Waals surface area contributed by atoms with Gasteiger partial charge < -0.3 is 9.80 Å². The first kappa shape index (κ1) is 23.5. The smallest absolute Gasteiger partial charge is 0.236 e. The van der Waals surface area contributed by atoms with Crippen molar-refractivity contribution in [3.05, 3.63) is 71.1 Å². The summed E-state index contributed by atoms with van der Waals surface area (Å²) in [4.78, 5) is 17.3. The van der Waals surface area contributed by atoms with Crippen LogP contribution in [0.15, 0.2) is 60.0 Å². The Hall–Kier alpha value is -2.64. The van der Waals surface area contributed by atoms with Crippen LogP contribution in [0.3, 0.4) is 0 Å². The van der Waals surface area contributed by atoms with E-state index in [2.05, 4.69) is 23.1 Å². The van der Waals surface area contributed by atoms with Crippen LogP contribution < -0.4 is 4.90 Å². The fourth-order valence-electron chi connectivity index (χ4n) is 4.73. The monoisotopic (exact) mass is 467 g/mol. The van der Waals surface area contributed by atoms with Gasteiger partial charge in [0.05, 0.1) is 0 Å². The Morgan fingerprint density at radius 3 is 2.30 bits per heavy atom. The standard InChI is InChI=1S/C26H33N3O3S/c1-27(21-24-11-5-6-12-25(24)28-16-7-8-17-28)26(30)23-13-18-29(19-14-23)33(31,32)20-15-22-9-3-2-4-10-22/h2-6,9-12,15,20,23H,7-8,13-14,16-19,21H2,1H3. The van der Waals surface area contributed by atoms with Crippen molar-refractivity contribution in [3.8, 4) is 0 Å². The van der Waals surface area contributed by atoms with Crippen LogP contribution in [0.4, 0.5) is 5.69 Å². The fourth-order valence-corrected chi connectivity index (χ4v) is 5.95. The quantitative estimate of drug-likeness (QED) is 0.619. The summed E-state index contributed by atoms with van der Waals surface area (Å²) in [5.74, 6) is -0.0402. The van der Waals surface area contributed by atoms with Gasteiger partial charge in [0.25, 0.3) is 0 Å². The van der Waals surface area contributed by atoms with Crippen molar-refractivity contribution in [3.63, 3.8) is 0 Å². The van der Waals surface area contributed by atoms with Gasteiger partial charge in [-0.05, 0) is 49.0 Å². The summed E-state index contributed by atoms with van der Waals surface area (Å²) in [5.41, 5.74) is 3.24. The molecule has 2 heterocycles. The molecule has 4 rings (SSSR count). The van der Waals surface area contributed by atoms with E-state index in [9.17, 15) is 13.2 Å². The van der Waals surface area contributed by atoms with Gasteiger partial charge in [-0.15, -0.1) is 0 Å². The largest absolute Gasteiger partial charge is 0.371 e. The van der Waals surface area contributed by atoms with Crippen molar-refractivity contribution < 1.29 is 13.2 Å². The number of hydrogen-bond acceptors (Lipinski definition) is 4. The van der Waals surface area contributed by atoms with E-state index in [1.807, 2.05) is 43.4 Å². The highest BCUT2D eigenvalue weighted by atomic mass is 32.2. The van der Waals surface area contributed by atoms with Gasteiger partial charge in [-0.1, -0.05) is 48.5 Å². The van der Waals surface area contributed by atoms with Crippen molar-refractivity contribution in [2.45, 2.75) is 32.2 Å². The van der Waals surface area contributed by atoms with Gasteiger partial charge in [-0.3, -0.25) is 4.79 Å². The number of rotatable bonds is 7. The molecular weight excluding hydrogens is 434 g/mol. The highest BCUT2D eigenvalue weighted by molar-refractivity contribution is 7.92. The number of nitrogens with zero attached hydrogens (tertiary/aromatic N) is 3. The molecule has 2 aliphatic heterocycles. The second-order valence-electron chi connectivity index (χ2n) is 8.95. The summed E-state index contributed by atoms with van der Waals surface area (Å²) in [6.45, 7) is 3.45. The maximum atomic E-state index is 13.1. The summed E-state index contributed by atoms with van der Waals surface area (Å²) in [7, 11) is -1.64. The van der Waals surface area contributed by atoms with E-state index < -0.39 is 10.0 Å². The zero-order valence-corrected chi connectivity index (χ0v) is 20.1. The molecule has 0 spiro atoms. The lowest BCUT2D eigenvalue weighted by Gasteiger charge is -2.32. The molecule has 0 radical (unpaired) electrons. The van der Waals surface area contributed by atoms with Gasteiger partial charge in [-0.25, -0.2) is 8.42 Å². The third kappa shape index (κ3) is 5.84. The van der Waals surface area contributed by atoms with Crippen molar-refractivity contribution in [1.82, 2.24) is 9.21 Å². The van der Waals surface area contributed by atoms with Crippen LogP contribution in [0.25, 0.3) is 6.08 Å². The summed E-state index contributed by atoms with van der Waals surface area (Å²) < 4.78 is 26.9. The van der Waals surface area contributed by atoms with Gasteiger partial charge in [0.15, 0.2) is 0 Å². The molecule has 0 N–H and O–H groups in total. The molecule has 0 unspecified atom stereocenters. The lowest BCUT2D eigenvalue weighted by molar-refractivity contribution is -0.135. The molecule has 0 saturated carbocycles. The predicted octanol–water partition coefficient (Wildman–Crippen LogP) is 3.96. The first-order valence-electron chi connectivity index (χ1n) is 11.8. The highest BCUT2D eigenvalue weighted by Crippen LogP contribution is 2.27. The Morgan fingerprint density at radius 2 is 1.61 bits per heavy atom. The molecule has 1 amide bonds. The van der Waals surface area contributed by atoms with E-state index in [-0.39, 0.29) is 11.8 Å². The van der Waals surface area contributed by atoms with E-state index in [4.69, 9.17) is 0 Å². The number of carbonyl (C=O) groups is 1. The molecule has 176 valence electrons. The predicted molar refractivity (Wildman–Crippen MR) is 133 cm³/mol. The normalized spacial score (nSPS) is 18.2. The van der Waals surface area contributed by atoms with Crippen LogP contribution >= 0.6 is 0 Å². The third-order valence-corrected chi connectivity index (χ3v) is 8.18. The fraction of sp³-hybridized carbons (Fsp3) is 0.423. The zero-order valence-electron chi connectivity index (χ0n) is 19.3. The molecule has 0 aliphatic carbocycles. The van der Waals surface area contributed by atoms with Crippen molar-refractivity contribution >= 4 is 27.7 Å². The van der Waals surface area contributed by atoms with Crippen LogP contribution in [0.2, 0.25) is 0 Å². The number of anilines is 1. The van der Waals surface area contributed by atoms with Gasteiger partial charge in [0.1, 0.15) is 0 Å². The topological polar surface area (TPSA) is 60.9 Å². The molecule has 6 nitrogen and oxygen atoms in total.